The number of hydrogen-bond donors (Lipinski definition) is 2. The molecule has 0 saturated carbocycles. The zero-order chi connectivity index (χ0) is 24.5. The van der Waals surface area contributed by atoms with Crippen LogP contribution in [0.3, 0.4) is 0 Å². The minimum absolute atomic E-state index is 0.0528. The van der Waals surface area contributed by atoms with E-state index in [9.17, 15) is 27.9 Å². The van der Waals surface area contributed by atoms with E-state index in [1.165, 1.54) is 22.3 Å². The summed E-state index contributed by atoms with van der Waals surface area (Å²) in [6.07, 6.45) is 3.71. The predicted octanol–water partition coefficient (Wildman–Crippen LogP) is 1.22. The molecule has 3 atom stereocenters. The number of fused-ring (bicyclic) bond motifs is 2. The summed E-state index contributed by atoms with van der Waals surface area (Å²) in [6, 6.07) is 6.27. The number of hydrogen-bond acceptors (Lipinski definition) is 6. The third-order valence-corrected chi connectivity index (χ3v) is 8.40. The highest BCUT2D eigenvalue weighted by atomic mass is 32.2. The Morgan fingerprint density at radius 3 is 2.62 bits per heavy atom. The number of aliphatic carboxylic acids is 1. The molecule has 3 heterocycles. The highest BCUT2D eigenvalue weighted by molar-refractivity contribution is 7.89. The van der Waals surface area contributed by atoms with E-state index < -0.39 is 45.9 Å². The molecule has 0 spiro atoms. The number of aromatic nitrogens is 1. The second-order valence-corrected chi connectivity index (χ2v) is 10.9. The van der Waals surface area contributed by atoms with E-state index in [1.807, 2.05) is 12.1 Å². The van der Waals surface area contributed by atoms with Gasteiger partial charge in [-0.1, -0.05) is 37.1 Å². The molecule has 0 bridgehead atoms. The lowest BCUT2D eigenvalue weighted by molar-refractivity contribution is -0.157. The molecule has 1 aromatic heterocycles. The number of amides is 2. The van der Waals surface area contributed by atoms with Crippen LogP contribution >= 0.6 is 0 Å². The van der Waals surface area contributed by atoms with Crippen molar-refractivity contribution in [1.29, 1.82) is 0 Å². The lowest BCUT2D eigenvalue weighted by Crippen LogP contribution is -2.67. The molecule has 2 aromatic rings. The van der Waals surface area contributed by atoms with E-state index >= 15 is 0 Å². The number of rotatable bonds is 5. The van der Waals surface area contributed by atoms with Crippen LogP contribution in [0.1, 0.15) is 43.1 Å². The van der Waals surface area contributed by atoms with Crippen LogP contribution in [-0.4, -0.2) is 82.5 Å². The lowest BCUT2D eigenvalue weighted by atomic mass is 9.94. The van der Waals surface area contributed by atoms with Crippen molar-refractivity contribution in [2.75, 3.05) is 18.8 Å². The average molecular weight is 489 g/mol. The molecule has 1 aromatic carbocycles. The zero-order valence-corrected chi connectivity index (χ0v) is 19.7. The van der Waals surface area contributed by atoms with Gasteiger partial charge in [0.1, 0.15) is 17.8 Å². The Labute approximate surface area is 198 Å². The van der Waals surface area contributed by atoms with E-state index in [0.29, 0.717) is 31.1 Å². The van der Waals surface area contributed by atoms with Gasteiger partial charge in [0.25, 0.3) is 5.91 Å². The summed E-state index contributed by atoms with van der Waals surface area (Å²) in [6.45, 7) is 1.25. The van der Waals surface area contributed by atoms with E-state index in [4.69, 9.17) is 0 Å². The molecule has 2 amide bonds. The van der Waals surface area contributed by atoms with Crippen molar-refractivity contribution in [2.24, 2.45) is 0 Å². The minimum atomic E-state index is -3.61. The van der Waals surface area contributed by atoms with Crippen molar-refractivity contribution >= 4 is 38.6 Å². The van der Waals surface area contributed by atoms with Gasteiger partial charge in [-0.15, -0.1) is 0 Å². The molecule has 11 heteroatoms. The monoisotopic (exact) mass is 488 g/mol. The maximum Gasteiger partial charge on any atom is 0.327 e. The van der Waals surface area contributed by atoms with Crippen LogP contribution in [0.15, 0.2) is 36.5 Å². The smallest absolute Gasteiger partial charge is 0.327 e. The molecular weight excluding hydrogens is 460 g/mol. The Morgan fingerprint density at radius 1 is 1.15 bits per heavy atom. The Bertz CT molecular complexity index is 1210. The Morgan fingerprint density at radius 2 is 1.88 bits per heavy atom. The molecular formula is C23H28N4O6S. The third-order valence-electron chi connectivity index (χ3n) is 6.59. The Balaban J connectivity index is 1.61. The number of benzene rings is 1. The molecule has 0 radical (unpaired) electrons. The molecule has 2 aliphatic heterocycles. The number of carbonyl (C=O) groups is 3. The molecule has 2 saturated heterocycles. The fourth-order valence-electron chi connectivity index (χ4n) is 4.80. The summed E-state index contributed by atoms with van der Waals surface area (Å²) < 4.78 is 26.1. The van der Waals surface area contributed by atoms with Gasteiger partial charge in [0.05, 0.1) is 5.75 Å². The quantitative estimate of drug-likeness (QED) is 0.646. The normalized spacial score (nSPS) is 24.2. The number of nitrogens with one attached hydrogen (secondary N) is 1. The van der Waals surface area contributed by atoms with Gasteiger partial charge >= 0.3 is 5.97 Å². The zero-order valence-electron chi connectivity index (χ0n) is 18.9. The molecule has 2 aliphatic rings. The fourth-order valence-corrected chi connectivity index (χ4v) is 5.93. The minimum Gasteiger partial charge on any atom is -0.480 e. The van der Waals surface area contributed by atoms with E-state index in [-0.39, 0.29) is 24.5 Å². The van der Waals surface area contributed by atoms with Crippen molar-refractivity contribution in [3.8, 4) is 0 Å². The van der Waals surface area contributed by atoms with Crippen LogP contribution < -0.4 is 5.32 Å². The summed E-state index contributed by atoms with van der Waals surface area (Å²) in [4.78, 5) is 44.3. The highest BCUT2D eigenvalue weighted by Crippen LogP contribution is 2.27. The van der Waals surface area contributed by atoms with Gasteiger partial charge in [0, 0.05) is 30.7 Å². The van der Waals surface area contributed by atoms with Crippen molar-refractivity contribution in [3.05, 3.63) is 42.2 Å². The lowest BCUT2D eigenvalue weighted by Gasteiger charge is -2.46. The number of carboxylic acid groups (broad SMARTS) is 1. The third kappa shape index (κ3) is 4.62. The summed E-state index contributed by atoms with van der Waals surface area (Å²) in [5.41, 5.74) is 0.193. The van der Waals surface area contributed by atoms with Gasteiger partial charge in [-0.05, 0) is 31.2 Å². The van der Waals surface area contributed by atoms with E-state index in [1.54, 1.807) is 18.2 Å². The van der Waals surface area contributed by atoms with Crippen LogP contribution in [0.4, 0.5) is 0 Å². The van der Waals surface area contributed by atoms with Crippen LogP contribution in [-0.2, 0) is 19.6 Å². The number of pyridine rings is 1. The van der Waals surface area contributed by atoms with Crippen molar-refractivity contribution in [1.82, 2.24) is 19.5 Å². The number of sulfonamides is 1. The van der Waals surface area contributed by atoms with Crippen LogP contribution in [0, 0.1) is 0 Å². The van der Waals surface area contributed by atoms with E-state index in [0.717, 1.165) is 5.39 Å². The van der Waals surface area contributed by atoms with Crippen LogP contribution in [0.2, 0.25) is 0 Å². The summed E-state index contributed by atoms with van der Waals surface area (Å²) in [5, 5.41) is 14.1. The first-order chi connectivity index (χ1) is 16.2. The van der Waals surface area contributed by atoms with E-state index in [2.05, 4.69) is 10.3 Å². The van der Waals surface area contributed by atoms with Gasteiger partial charge in [0.2, 0.25) is 15.9 Å². The van der Waals surface area contributed by atoms with Gasteiger partial charge < -0.3 is 15.3 Å². The number of piperazine rings is 1. The molecule has 2 fully saturated rings. The average Bonchev–Trinajstić information content (AvgIpc) is 2.83. The topological polar surface area (TPSA) is 137 Å². The first-order valence-corrected chi connectivity index (χ1v) is 13.0. The number of carboxylic acids is 1. The summed E-state index contributed by atoms with van der Waals surface area (Å²) >= 11 is 0. The Kier molecular flexibility index (Phi) is 6.85. The van der Waals surface area contributed by atoms with Crippen molar-refractivity contribution in [2.45, 2.75) is 50.7 Å². The van der Waals surface area contributed by atoms with Crippen molar-refractivity contribution < 1.29 is 27.9 Å². The van der Waals surface area contributed by atoms with Crippen LogP contribution in [0.5, 0.6) is 0 Å². The molecule has 10 nitrogen and oxygen atoms in total. The van der Waals surface area contributed by atoms with Gasteiger partial charge in [-0.2, -0.15) is 4.31 Å². The molecule has 0 unspecified atom stereocenters. The molecule has 0 aliphatic carbocycles. The van der Waals surface area contributed by atoms with Crippen molar-refractivity contribution in [3.63, 3.8) is 0 Å². The first-order valence-electron chi connectivity index (χ1n) is 11.4. The highest BCUT2D eigenvalue weighted by Gasteiger charge is 2.46. The predicted molar refractivity (Wildman–Crippen MR) is 125 cm³/mol. The maximum absolute atomic E-state index is 13.6. The molecule has 182 valence electrons. The Hall–Kier alpha value is -3.05. The van der Waals surface area contributed by atoms with Crippen LogP contribution in [0.25, 0.3) is 10.8 Å². The molecule has 2 N–H and O–H groups in total. The largest absolute Gasteiger partial charge is 0.480 e. The first kappa shape index (κ1) is 24.1. The summed E-state index contributed by atoms with van der Waals surface area (Å²) in [7, 11) is -3.61. The van der Waals surface area contributed by atoms with Gasteiger partial charge in [0.15, 0.2) is 0 Å². The second-order valence-electron chi connectivity index (χ2n) is 8.66. The second kappa shape index (κ2) is 9.67. The standard InChI is InChI=1S/C23H28N4O6S/c1-2-34(32,33)26-13-16-8-4-6-10-18(22(29)27(16)19(14-26)23(30)31)25-21(28)20-17-9-5-3-7-15(17)11-12-24-20/h3,5,7,9,11-12,16,18-19H,2,4,6,8,10,13-14H2,1H3,(H,25,28)(H,30,31)/t16-,18-,19-/m0/s1. The SMILES string of the molecule is CCS(=O)(=O)N1C[C@@H]2CCCC[C@H](NC(=O)c3nccc4ccccc34)C(=O)N2[C@H](C(=O)O)C1. The fraction of sp³-hybridized carbons (Fsp3) is 0.478. The molecule has 34 heavy (non-hydrogen) atoms. The molecule has 4 rings (SSSR count). The summed E-state index contributed by atoms with van der Waals surface area (Å²) in [5.74, 6) is -2.42. The number of carbonyl (C=O) groups excluding carboxylic acids is 2. The van der Waals surface area contributed by atoms with Gasteiger partial charge in [-0.3, -0.25) is 14.6 Å². The maximum atomic E-state index is 13.6. The number of nitrogens with zero attached hydrogens (tertiary/aromatic N) is 3. The van der Waals surface area contributed by atoms with Gasteiger partial charge in [-0.25, -0.2) is 13.2 Å².